The van der Waals surface area contributed by atoms with E-state index in [4.69, 9.17) is 5.73 Å². The molecular weight excluding hydrogens is 375 g/mol. The number of carbonyl (C=O) groups is 1. The van der Waals surface area contributed by atoms with Crippen LogP contribution in [0.15, 0.2) is 60.7 Å². The smallest absolute Gasteiger partial charge is 0.255 e. The highest BCUT2D eigenvalue weighted by atomic mass is 127. The number of amides is 1. The standard InChI is InChI=1S/C17H13IN2O/c18-12-9-7-11(8-10-12)17(21)20-16-6-2-3-13-14(16)4-1-5-15(13)19/h1-10H,19H2,(H,20,21). The molecule has 0 bridgehead atoms. The minimum absolute atomic E-state index is 0.124. The molecule has 0 radical (unpaired) electrons. The van der Waals surface area contributed by atoms with Crippen molar-refractivity contribution in [1.82, 2.24) is 0 Å². The summed E-state index contributed by atoms with van der Waals surface area (Å²) < 4.78 is 1.10. The summed E-state index contributed by atoms with van der Waals surface area (Å²) in [6, 6.07) is 18.9. The second-order valence-corrected chi connectivity index (χ2v) is 5.95. The average molecular weight is 388 g/mol. The van der Waals surface area contributed by atoms with Crippen LogP contribution in [0.25, 0.3) is 10.8 Å². The van der Waals surface area contributed by atoms with E-state index in [0.29, 0.717) is 11.3 Å². The van der Waals surface area contributed by atoms with Crippen LogP contribution in [0.5, 0.6) is 0 Å². The van der Waals surface area contributed by atoms with Crippen molar-refractivity contribution in [1.29, 1.82) is 0 Å². The van der Waals surface area contributed by atoms with E-state index in [-0.39, 0.29) is 5.91 Å². The molecule has 0 aliphatic heterocycles. The molecule has 0 saturated heterocycles. The summed E-state index contributed by atoms with van der Waals surface area (Å²) in [4.78, 5) is 12.3. The number of nitrogen functional groups attached to an aromatic ring is 1. The van der Waals surface area contributed by atoms with Crippen LogP contribution >= 0.6 is 22.6 Å². The van der Waals surface area contributed by atoms with Gasteiger partial charge in [0.05, 0.1) is 0 Å². The van der Waals surface area contributed by atoms with Crippen molar-refractivity contribution in [3.05, 3.63) is 69.8 Å². The molecule has 3 aromatic rings. The fourth-order valence-corrected chi connectivity index (χ4v) is 2.60. The predicted molar refractivity (Wildman–Crippen MR) is 95.5 cm³/mol. The predicted octanol–water partition coefficient (Wildman–Crippen LogP) is 4.28. The number of anilines is 2. The zero-order chi connectivity index (χ0) is 14.8. The van der Waals surface area contributed by atoms with E-state index in [2.05, 4.69) is 27.9 Å². The molecule has 3 aromatic carbocycles. The van der Waals surface area contributed by atoms with Gasteiger partial charge < -0.3 is 11.1 Å². The van der Waals surface area contributed by atoms with Crippen LogP contribution in [0.1, 0.15) is 10.4 Å². The van der Waals surface area contributed by atoms with Crippen molar-refractivity contribution in [3.63, 3.8) is 0 Å². The second-order valence-electron chi connectivity index (χ2n) is 4.71. The van der Waals surface area contributed by atoms with E-state index in [0.717, 1.165) is 20.0 Å². The van der Waals surface area contributed by atoms with Crippen LogP contribution in [-0.4, -0.2) is 5.91 Å². The van der Waals surface area contributed by atoms with Crippen LogP contribution < -0.4 is 11.1 Å². The van der Waals surface area contributed by atoms with E-state index in [9.17, 15) is 4.79 Å². The van der Waals surface area contributed by atoms with Crippen molar-refractivity contribution in [2.45, 2.75) is 0 Å². The number of nitrogens with one attached hydrogen (secondary N) is 1. The van der Waals surface area contributed by atoms with Gasteiger partial charge in [0, 0.05) is 31.3 Å². The van der Waals surface area contributed by atoms with Gasteiger partial charge in [0.25, 0.3) is 5.91 Å². The van der Waals surface area contributed by atoms with Crippen LogP contribution in [0.4, 0.5) is 11.4 Å². The lowest BCUT2D eigenvalue weighted by molar-refractivity contribution is 0.102. The number of nitrogens with two attached hydrogens (primary N) is 1. The molecule has 0 aliphatic carbocycles. The maximum Gasteiger partial charge on any atom is 0.255 e. The number of carbonyl (C=O) groups excluding carboxylic acids is 1. The average Bonchev–Trinajstić information content (AvgIpc) is 2.49. The number of hydrogen-bond donors (Lipinski definition) is 2. The molecular formula is C17H13IN2O. The third kappa shape index (κ3) is 2.85. The third-order valence-electron chi connectivity index (χ3n) is 3.31. The van der Waals surface area contributed by atoms with Crippen molar-refractivity contribution >= 4 is 50.6 Å². The molecule has 21 heavy (non-hydrogen) atoms. The Morgan fingerprint density at radius 1 is 0.905 bits per heavy atom. The minimum Gasteiger partial charge on any atom is -0.398 e. The molecule has 4 heteroatoms. The molecule has 3 N–H and O–H groups in total. The van der Waals surface area contributed by atoms with Crippen molar-refractivity contribution in [3.8, 4) is 0 Å². The van der Waals surface area contributed by atoms with Gasteiger partial charge in [0.15, 0.2) is 0 Å². The van der Waals surface area contributed by atoms with Crippen LogP contribution in [0.3, 0.4) is 0 Å². The highest BCUT2D eigenvalue weighted by Gasteiger charge is 2.08. The van der Waals surface area contributed by atoms with Gasteiger partial charge in [-0.05, 0) is 59.0 Å². The SMILES string of the molecule is Nc1cccc2c(NC(=O)c3ccc(I)cc3)cccc12. The summed E-state index contributed by atoms with van der Waals surface area (Å²) in [7, 11) is 0. The first kappa shape index (κ1) is 13.9. The summed E-state index contributed by atoms with van der Waals surface area (Å²) in [6.45, 7) is 0. The molecule has 0 fully saturated rings. The lowest BCUT2D eigenvalue weighted by Crippen LogP contribution is -2.12. The summed E-state index contributed by atoms with van der Waals surface area (Å²) in [5.74, 6) is -0.124. The normalized spacial score (nSPS) is 10.5. The first-order chi connectivity index (χ1) is 10.1. The third-order valence-corrected chi connectivity index (χ3v) is 4.03. The van der Waals surface area contributed by atoms with Crippen LogP contribution in [0.2, 0.25) is 0 Å². The van der Waals surface area contributed by atoms with Gasteiger partial charge in [-0.1, -0.05) is 24.3 Å². The number of hydrogen-bond acceptors (Lipinski definition) is 2. The summed E-state index contributed by atoms with van der Waals surface area (Å²) in [5.41, 5.74) is 8.08. The Labute approximate surface area is 136 Å². The molecule has 104 valence electrons. The molecule has 0 atom stereocenters. The maximum atomic E-state index is 12.3. The molecule has 0 aliphatic rings. The molecule has 0 spiro atoms. The highest BCUT2D eigenvalue weighted by molar-refractivity contribution is 14.1. The zero-order valence-electron chi connectivity index (χ0n) is 11.1. The van der Waals surface area contributed by atoms with Gasteiger partial charge >= 0.3 is 0 Å². The van der Waals surface area contributed by atoms with Gasteiger partial charge in [-0.15, -0.1) is 0 Å². The fourth-order valence-electron chi connectivity index (χ4n) is 2.24. The molecule has 0 aromatic heterocycles. The maximum absolute atomic E-state index is 12.3. The number of halogens is 1. The Morgan fingerprint density at radius 3 is 2.33 bits per heavy atom. The van der Waals surface area contributed by atoms with E-state index in [1.54, 1.807) is 0 Å². The van der Waals surface area contributed by atoms with Gasteiger partial charge in [-0.2, -0.15) is 0 Å². The highest BCUT2D eigenvalue weighted by Crippen LogP contribution is 2.27. The lowest BCUT2D eigenvalue weighted by Gasteiger charge is -2.10. The Kier molecular flexibility index (Phi) is 3.79. The fraction of sp³-hybridized carbons (Fsp3) is 0. The monoisotopic (exact) mass is 388 g/mol. The number of rotatable bonds is 2. The van der Waals surface area contributed by atoms with Crippen LogP contribution in [0, 0.1) is 3.57 Å². The number of benzene rings is 3. The van der Waals surface area contributed by atoms with Gasteiger partial charge in [-0.25, -0.2) is 0 Å². The molecule has 1 amide bonds. The molecule has 3 nitrogen and oxygen atoms in total. The molecule has 0 saturated carbocycles. The van der Waals surface area contributed by atoms with E-state index in [1.165, 1.54) is 0 Å². The first-order valence-electron chi connectivity index (χ1n) is 6.49. The molecule has 0 heterocycles. The van der Waals surface area contributed by atoms with Gasteiger partial charge in [0.1, 0.15) is 0 Å². The summed E-state index contributed by atoms with van der Waals surface area (Å²) in [6.07, 6.45) is 0. The number of fused-ring (bicyclic) bond motifs is 1. The largest absolute Gasteiger partial charge is 0.398 e. The zero-order valence-corrected chi connectivity index (χ0v) is 13.3. The Balaban J connectivity index is 1.96. The summed E-state index contributed by atoms with van der Waals surface area (Å²) >= 11 is 2.21. The van der Waals surface area contributed by atoms with Gasteiger partial charge in [-0.3, -0.25) is 4.79 Å². The Morgan fingerprint density at radius 2 is 1.57 bits per heavy atom. The Hall–Kier alpha value is -2.08. The van der Waals surface area contributed by atoms with Crippen molar-refractivity contribution < 1.29 is 4.79 Å². The molecule has 0 unspecified atom stereocenters. The summed E-state index contributed by atoms with van der Waals surface area (Å²) in [5, 5.41) is 4.83. The van der Waals surface area contributed by atoms with Crippen LogP contribution in [-0.2, 0) is 0 Å². The van der Waals surface area contributed by atoms with E-state index >= 15 is 0 Å². The minimum atomic E-state index is -0.124. The van der Waals surface area contributed by atoms with Crippen molar-refractivity contribution in [2.75, 3.05) is 11.1 Å². The second kappa shape index (κ2) is 5.73. The quantitative estimate of drug-likeness (QED) is 0.509. The molecule has 3 rings (SSSR count). The topological polar surface area (TPSA) is 55.1 Å². The van der Waals surface area contributed by atoms with Crippen molar-refractivity contribution in [2.24, 2.45) is 0 Å². The Bertz CT molecular complexity index is 813. The first-order valence-corrected chi connectivity index (χ1v) is 7.57. The lowest BCUT2D eigenvalue weighted by atomic mass is 10.1. The van der Waals surface area contributed by atoms with E-state index in [1.807, 2.05) is 60.7 Å². The van der Waals surface area contributed by atoms with Gasteiger partial charge in [0.2, 0.25) is 0 Å². The van der Waals surface area contributed by atoms with E-state index < -0.39 is 0 Å².